The Bertz CT molecular complexity index is 337. The molecule has 0 unspecified atom stereocenters. The van der Waals surface area contributed by atoms with Gasteiger partial charge in [0.1, 0.15) is 0 Å². The molecule has 0 aromatic rings. The molecular weight excluding hydrogens is 224 g/mol. The molecule has 0 heterocycles. The van der Waals surface area contributed by atoms with Crippen LogP contribution < -0.4 is 5.32 Å². The van der Waals surface area contributed by atoms with Crippen molar-refractivity contribution < 1.29 is 23.1 Å². The number of carbonyl (C=O) groups excluding carboxylic acids is 1. The predicted molar refractivity (Wildman–Crippen MR) is 52.7 cm³/mol. The van der Waals surface area contributed by atoms with Gasteiger partial charge in [0.05, 0.1) is 18.7 Å². The second-order valence-corrected chi connectivity index (χ2v) is 5.08. The summed E-state index contributed by atoms with van der Waals surface area (Å²) in [7, 11) is -1.05. The minimum absolute atomic E-state index is 0.307. The Balaban J connectivity index is 4.33. The van der Waals surface area contributed by atoms with Crippen LogP contribution in [0.1, 0.15) is 6.42 Å². The quantitative estimate of drug-likeness (QED) is 0.584. The zero-order chi connectivity index (χ0) is 12.1. The Morgan fingerprint density at radius 1 is 1.40 bits per heavy atom. The number of nitrogens with one attached hydrogen (secondary N) is 1. The topological polar surface area (TPSA) is 104 Å². The number of hydrogen-bond acceptors (Lipinski definition) is 4. The third kappa shape index (κ3) is 5.33. The SMILES string of the molecule is CNC(=O)CN(C)S(=O)(=O)CCC(=O)O. The first-order chi connectivity index (χ1) is 6.79. The third-order valence-electron chi connectivity index (χ3n) is 1.69. The molecule has 0 spiro atoms. The fourth-order valence-corrected chi connectivity index (χ4v) is 1.81. The van der Waals surface area contributed by atoms with Gasteiger partial charge in [-0.15, -0.1) is 0 Å². The number of rotatable bonds is 6. The van der Waals surface area contributed by atoms with Gasteiger partial charge >= 0.3 is 5.97 Å². The van der Waals surface area contributed by atoms with Crippen molar-refractivity contribution in [3.05, 3.63) is 0 Å². The van der Waals surface area contributed by atoms with E-state index in [-0.39, 0.29) is 6.54 Å². The van der Waals surface area contributed by atoms with Crippen LogP contribution in [0, 0.1) is 0 Å². The molecule has 0 rings (SSSR count). The maximum atomic E-state index is 11.4. The highest BCUT2D eigenvalue weighted by Gasteiger charge is 2.20. The summed E-state index contributed by atoms with van der Waals surface area (Å²) < 4.78 is 23.6. The second kappa shape index (κ2) is 5.66. The van der Waals surface area contributed by atoms with Gasteiger partial charge in [-0.05, 0) is 0 Å². The maximum Gasteiger partial charge on any atom is 0.304 e. The Kier molecular flexibility index (Phi) is 5.23. The molecule has 2 N–H and O–H groups in total. The lowest BCUT2D eigenvalue weighted by Gasteiger charge is -2.15. The summed E-state index contributed by atoms with van der Waals surface area (Å²) in [6.07, 6.45) is -0.472. The minimum Gasteiger partial charge on any atom is -0.481 e. The van der Waals surface area contributed by atoms with Crippen LogP contribution in [-0.4, -0.2) is 56.1 Å². The summed E-state index contributed by atoms with van der Waals surface area (Å²) in [6, 6.07) is 0. The van der Waals surface area contributed by atoms with E-state index in [0.717, 1.165) is 4.31 Å². The molecule has 0 fully saturated rings. The summed E-state index contributed by atoms with van der Waals surface area (Å²) in [5.41, 5.74) is 0. The van der Waals surface area contributed by atoms with E-state index in [1.54, 1.807) is 0 Å². The van der Waals surface area contributed by atoms with Gasteiger partial charge in [-0.2, -0.15) is 4.31 Å². The molecule has 0 aromatic carbocycles. The summed E-state index contributed by atoms with van der Waals surface area (Å²) in [5.74, 6) is -2.14. The fourth-order valence-electron chi connectivity index (χ4n) is 0.752. The second-order valence-electron chi connectivity index (χ2n) is 2.89. The van der Waals surface area contributed by atoms with E-state index in [1.165, 1.54) is 14.1 Å². The molecule has 8 heteroatoms. The molecule has 0 atom stereocenters. The average Bonchev–Trinajstić information content (AvgIpc) is 2.14. The molecule has 0 aromatic heterocycles. The van der Waals surface area contributed by atoms with E-state index >= 15 is 0 Å². The third-order valence-corrected chi connectivity index (χ3v) is 3.49. The van der Waals surface area contributed by atoms with Crippen LogP contribution in [0.5, 0.6) is 0 Å². The summed E-state index contributed by atoms with van der Waals surface area (Å²) >= 11 is 0. The van der Waals surface area contributed by atoms with Crippen LogP contribution in [0.15, 0.2) is 0 Å². The number of nitrogens with zero attached hydrogens (tertiary/aromatic N) is 1. The minimum atomic E-state index is -3.67. The van der Waals surface area contributed by atoms with Crippen LogP contribution in [-0.2, 0) is 19.6 Å². The molecule has 7 nitrogen and oxygen atoms in total. The van der Waals surface area contributed by atoms with E-state index in [1.807, 2.05) is 0 Å². The molecule has 0 bridgehead atoms. The van der Waals surface area contributed by atoms with Crippen molar-refractivity contribution in [2.24, 2.45) is 0 Å². The van der Waals surface area contributed by atoms with Gasteiger partial charge in [-0.1, -0.05) is 0 Å². The number of sulfonamides is 1. The highest BCUT2D eigenvalue weighted by Crippen LogP contribution is 1.99. The van der Waals surface area contributed by atoms with Crippen LogP contribution in [0.2, 0.25) is 0 Å². The van der Waals surface area contributed by atoms with Crippen LogP contribution in [0.4, 0.5) is 0 Å². The van der Waals surface area contributed by atoms with E-state index in [4.69, 9.17) is 5.11 Å². The van der Waals surface area contributed by atoms with Gasteiger partial charge < -0.3 is 10.4 Å². The summed E-state index contributed by atoms with van der Waals surface area (Å²) in [4.78, 5) is 21.1. The summed E-state index contributed by atoms with van der Waals surface area (Å²) in [5, 5.41) is 10.6. The standard InChI is InChI=1S/C7H14N2O5S/c1-8-6(10)5-9(2)15(13,14)4-3-7(11)12/h3-5H2,1-2H3,(H,8,10)(H,11,12). The molecule has 1 amide bonds. The van der Waals surface area contributed by atoms with Gasteiger partial charge in [0.2, 0.25) is 15.9 Å². The molecule has 88 valence electrons. The van der Waals surface area contributed by atoms with Crippen molar-refractivity contribution in [1.82, 2.24) is 9.62 Å². The van der Waals surface area contributed by atoms with Gasteiger partial charge in [-0.3, -0.25) is 9.59 Å². The van der Waals surface area contributed by atoms with Crippen molar-refractivity contribution in [2.45, 2.75) is 6.42 Å². The molecule has 15 heavy (non-hydrogen) atoms. The lowest BCUT2D eigenvalue weighted by Crippen LogP contribution is -2.38. The normalized spacial score (nSPS) is 11.4. The van der Waals surface area contributed by atoms with Gasteiger partial charge in [0.15, 0.2) is 0 Å². The van der Waals surface area contributed by atoms with Crippen LogP contribution in [0.25, 0.3) is 0 Å². The number of carboxylic acid groups (broad SMARTS) is 1. The monoisotopic (exact) mass is 238 g/mol. The maximum absolute atomic E-state index is 11.4. The van der Waals surface area contributed by atoms with Crippen molar-refractivity contribution >= 4 is 21.9 Å². The lowest BCUT2D eigenvalue weighted by atomic mass is 10.5. The van der Waals surface area contributed by atoms with Gasteiger partial charge in [0, 0.05) is 14.1 Å². The summed E-state index contributed by atoms with van der Waals surface area (Å²) in [6.45, 7) is -0.307. The van der Waals surface area contributed by atoms with Crippen molar-refractivity contribution in [3.63, 3.8) is 0 Å². The number of amides is 1. The highest BCUT2D eigenvalue weighted by atomic mass is 32.2. The average molecular weight is 238 g/mol. The van der Waals surface area contributed by atoms with Gasteiger partial charge in [0.25, 0.3) is 0 Å². The molecule has 0 saturated carbocycles. The largest absolute Gasteiger partial charge is 0.481 e. The van der Waals surface area contributed by atoms with E-state index in [9.17, 15) is 18.0 Å². The number of likely N-dealkylation sites (N-methyl/N-ethyl adjacent to an activating group) is 2. The molecule has 0 aliphatic carbocycles. The Morgan fingerprint density at radius 2 is 1.93 bits per heavy atom. The van der Waals surface area contributed by atoms with Gasteiger partial charge in [-0.25, -0.2) is 8.42 Å². The number of aliphatic carboxylic acids is 1. The smallest absolute Gasteiger partial charge is 0.304 e. The van der Waals surface area contributed by atoms with Crippen molar-refractivity contribution in [2.75, 3.05) is 26.4 Å². The zero-order valence-electron chi connectivity index (χ0n) is 8.56. The highest BCUT2D eigenvalue weighted by molar-refractivity contribution is 7.89. The first-order valence-corrected chi connectivity index (χ1v) is 5.77. The molecule has 0 aliphatic rings. The molecule has 0 radical (unpaired) electrons. The first-order valence-electron chi connectivity index (χ1n) is 4.16. The van der Waals surface area contributed by atoms with Crippen molar-refractivity contribution in [1.29, 1.82) is 0 Å². The zero-order valence-corrected chi connectivity index (χ0v) is 9.37. The van der Waals surface area contributed by atoms with E-state index in [0.29, 0.717) is 0 Å². The van der Waals surface area contributed by atoms with Crippen molar-refractivity contribution in [3.8, 4) is 0 Å². The van der Waals surface area contributed by atoms with E-state index in [2.05, 4.69) is 5.32 Å². The molecular formula is C7H14N2O5S. The predicted octanol–water partition coefficient (Wildman–Crippen LogP) is -1.53. The fraction of sp³-hybridized carbons (Fsp3) is 0.714. The molecule has 0 saturated heterocycles. The van der Waals surface area contributed by atoms with Crippen LogP contribution in [0.3, 0.4) is 0 Å². The number of hydrogen-bond donors (Lipinski definition) is 2. The molecule has 0 aliphatic heterocycles. The van der Waals surface area contributed by atoms with Crippen LogP contribution >= 0.6 is 0 Å². The number of carboxylic acids is 1. The van der Waals surface area contributed by atoms with E-state index < -0.39 is 34.1 Å². The lowest BCUT2D eigenvalue weighted by molar-refractivity contribution is -0.136. The Morgan fingerprint density at radius 3 is 2.33 bits per heavy atom. The number of carbonyl (C=O) groups is 2. The Hall–Kier alpha value is -1.15. The first kappa shape index (κ1) is 13.8. The Labute approximate surface area is 88.1 Å².